The molecule has 2 atom stereocenters. The Morgan fingerprint density at radius 1 is 0.824 bits per heavy atom. The van der Waals surface area contributed by atoms with Crippen molar-refractivity contribution < 1.29 is 24.2 Å². The minimum atomic E-state index is -1.39. The second-order valence-corrected chi connectivity index (χ2v) is 9.51. The molecule has 0 aliphatic rings. The van der Waals surface area contributed by atoms with Gasteiger partial charge in [-0.2, -0.15) is 0 Å². The number of nitrogens with one attached hydrogen (secondary N) is 1. The fourth-order valence-electron chi connectivity index (χ4n) is 4.16. The standard InChI is InChI=1S/C28H51NO5/c1-5-9-11-13-15-17-21-24(20-16-14-12-10-6-2)34-27(33)28(8-4,23-18-22-26(31)32)29-25(30)19-7-3/h8,24H,4-7,9-23H2,1-3H3,(H,29,30)(H,31,32). The molecule has 0 aromatic heterocycles. The zero-order valence-corrected chi connectivity index (χ0v) is 22.2. The third-order valence-electron chi connectivity index (χ3n) is 6.30. The Morgan fingerprint density at radius 3 is 1.82 bits per heavy atom. The lowest BCUT2D eigenvalue weighted by molar-refractivity contribution is -0.158. The molecule has 0 saturated heterocycles. The molecule has 0 aromatic carbocycles. The number of carbonyl (C=O) groups excluding carboxylic acids is 2. The van der Waals surface area contributed by atoms with Crippen LogP contribution in [0.3, 0.4) is 0 Å². The first-order valence-corrected chi connectivity index (χ1v) is 13.7. The number of rotatable bonds is 23. The summed E-state index contributed by atoms with van der Waals surface area (Å²) in [5.41, 5.74) is -1.39. The van der Waals surface area contributed by atoms with Crippen molar-refractivity contribution in [2.75, 3.05) is 0 Å². The molecular formula is C28H51NO5. The Hall–Kier alpha value is -1.85. The highest BCUT2D eigenvalue weighted by molar-refractivity contribution is 5.90. The van der Waals surface area contributed by atoms with Gasteiger partial charge in [0.05, 0.1) is 0 Å². The number of hydrogen-bond acceptors (Lipinski definition) is 4. The maximum absolute atomic E-state index is 13.4. The van der Waals surface area contributed by atoms with E-state index in [0.717, 1.165) is 38.5 Å². The third kappa shape index (κ3) is 15.1. The van der Waals surface area contributed by atoms with Gasteiger partial charge in [-0.3, -0.25) is 9.59 Å². The van der Waals surface area contributed by atoms with Crippen LogP contribution in [-0.4, -0.2) is 34.6 Å². The van der Waals surface area contributed by atoms with Crippen LogP contribution in [0.4, 0.5) is 0 Å². The molecule has 1 amide bonds. The highest BCUT2D eigenvalue weighted by Crippen LogP contribution is 2.23. The molecule has 0 radical (unpaired) electrons. The minimum Gasteiger partial charge on any atom is -0.481 e. The van der Waals surface area contributed by atoms with Gasteiger partial charge in [0.15, 0.2) is 5.54 Å². The molecule has 0 heterocycles. The highest BCUT2D eigenvalue weighted by Gasteiger charge is 2.39. The van der Waals surface area contributed by atoms with Crippen molar-refractivity contribution in [1.82, 2.24) is 5.32 Å². The quantitative estimate of drug-likeness (QED) is 0.0922. The minimum absolute atomic E-state index is 0.0782. The predicted molar refractivity (Wildman–Crippen MR) is 139 cm³/mol. The fourth-order valence-corrected chi connectivity index (χ4v) is 4.16. The van der Waals surface area contributed by atoms with Crippen LogP contribution in [0, 0.1) is 0 Å². The van der Waals surface area contributed by atoms with Crippen molar-refractivity contribution in [3.8, 4) is 0 Å². The number of hydrogen-bond donors (Lipinski definition) is 2. The van der Waals surface area contributed by atoms with E-state index in [1.165, 1.54) is 51.0 Å². The second-order valence-electron chi connectivity index (χ2n) is 9.51. The maximum atomic E-state index is 13.4. The van der Waals surface area contributed by atoms with Gasteiger partial charge in [-0.05, 0) is 44.9 Å². The van der Waals surface area contributed by atoms with E-state index in [-0.39, 0.29) is 31.3 Å². The summed E-state index contributed by atoms with van der Waals surface area (Å²) in [7, 11) is 0. The van der Waals surface area contributed by atoms with Crippen molar-refractivity contribution in [3.63, 3.8) is 0 Å². The number of aliphatic carboxylic acids is 1. The molecule has 0 bridgehead atoms. The molecule has 198 valence electrons. The Bertz CT molecular complexity index is 577. The van der Waals surface area contributed by atoms with Crippen LogP contribution in [0.25, 0.3) is 0 Å². The van der Waals surface area contributed by atoms with Gasteiger partial charge in [-0.25, -0.2) is 4.79 Å². The molecule has 6 nitrogen and oxygen atoms in total. The zero-order chi connectivity index (χ0) is 25.7. The normalized spacial score (nSPS) is 13.6. The monoisotopic (exact) mass is 481 g/mol. The largest absolute Gasteiger partial charge is 0.481 e. The van der Waals surface area contributed by atoms with Crippen LogP contribution in [-0.2, 0) is 19.1 Å². The van der Waals surface area contributed by atoms with Gasteiger partial charge in [0, 0.05) is 12.8 Å². The van der Waals surface area contributed by atoms with E-state index >= 15 is 0 Å². The summed E-state index contributed by atoms with van der Waals surface area (Å²) in [5, 5.41) is 11.8. The van der Waals surface area contributed by atoms with Crippen LogP contribution in [0.5, 0.6) is 0 Å². The predicted octanol–water partition coefficient (Wildman–Crippen LogP) is 7.11. The fraction of sp³-hybridized carbons (Fsp3) is 0.821. The number of carbonyl (C=O) groups is 3. The molecule has 0 aliphatic heterocycles. The topological polar surface area (TPSA) is 92.7 Å². The Morgan fingerprint density at radius 2 is 1.35 bits per heavy atom. The smallest absolute Gasteiger partial charge is 0.336 e. The molecule has 0 fully saturated rings. The van der Waals surface area contributed by atoms with Crippen LogP contribution >= 0.6 is 0 Å². The van der Waals surface area contributed by atoms with E-state index in [1.54, 1.807) is 0 Å². The van der Waals surface area contributed by atoms with E-state index in [0.29, 0.717) is 12.8 Å². The third-order valence-corrected chi connectivity index (χ3v) is 6.30. The lowest BCUT2D eigenvalue weighted by Gasteiger charge is -2.31. The molecule has 6 heteroatoms. The number of carboxylic acid groups (broad SMARTS) is 1. The van der Waals surface area contributed by atoms with E-state index in [9.17, 15) is 14.4 Å². The lowest BCUT2D eigenvalue weighted by atomic mass is 9.91. The first-order valence-electron chi connectivity index (χ1n) is 13.7. The van der Waals surface area contributed by atoms with Crippen molar-refractivity contribution >= 4 is 17.8 Å². The SMILES string of the molecule is C=CC(CCCC(=O)O)(NC(=O)CCC)C(=O)OC(CCCCCCC)CCCCCCCC. The Kier molecular flexibility index (Phi) is 19.4. The van der Waals surface area contributed by atoms with Crippen LogP contribution < -0.4 is 5.32 Å². The van der Waals surface area contributed by atoms with Crippen LogP contribution in [0.15, 0.2) is 12.7 Å². The van der Waals surface area contributed by atoms with Crippen molar-refractivity contribution in [1.29, 1.82) is 0 Å². The second kappa shape index (κ2) is 20.5. The van der Waals surface area contributed by atoms with Gasteiger partial charge in [-0.15, -0.1) is 6.58 Å². The van der Waals surface area contributed by atoms with Gasteiger partial charge in [0.1, 0.15) is 6.10 Å². The number of ether oxygens (including phenoxy) is 1. The summed E-state index contributed by atoms with van der Waals surface area (Å²) in [6.07, 6.45) is 16.9. The summed E-state index contributed by atoms with van der Waals surface area (Å²) in [5.74, 6) is -1.69. The summed E-state index contributed by atoms with van der Waals surface area (Å²) in [6, 6.07) is 0. The summed E-state index contributed by atoms with van der Waals surface area (Å²) in [4.78, 5) is 36.8. The van der Waals surface area contributed by atoms with E-state index in [1.807, 2.05) is 6.92 Å². The van der Waals surface area contributed by atoms with Gasteiger partial charge >= 0.3 is 11.9 Å². The maximum Gasteiger partial charge on any atom is 0.336 e. The molecule has 0 rings (SSSR count). The average molecular weight is 482 g/mol. The zero-order valence-electron chi connectivity index (χ0n) is 22.2. The molecular weight excluding hydrogens is 430 g/mol. The van der Waals surface area contributed by atoms with Gasteiger partial charge in [-0.1, -0.05) is 84.6 Å². The van der Waals surface area contributed by atoms with E-state index in [4.69, 9.17) is 9.84 Å². The highest BCUT2D eigenvalue weighted by atomic mass is 16.5. The van der Waals surface area contributed by atoms with Crippen molar-refractivity contribution in [2.45, 2.75) is 148 Å². The van der Waals surface area contributed by atoms with E-state index < -0.39 is 17.5 Å². The van der Waals surface area contributed by atoms with Gasteiger partial charge in [0.2, 0.25) is 5.91 Å². The Balaban J connectivity index is 5.24. The molecule has 0 saturated carbocycles. The number of amides is 1. The summed E-state index contributed by atoms with van der Waals surface area (Å²) in [6.45, 7) is 10.1. The Labute approximate surface area is 208 Å². The summed E-state index contributed by atoms with van der Waals surface area (Å²) < 4.78 is 6.01. The molecule has 2 N–H and O–H groups in total. The first kappa shape index (κ1) is 32.1. The lowest BCUT2D eigenvalue weighted by Crippen LogP contribution is -2.54. The number of unbranched alkanes of at least 4 members (excludes halogenated alkanes) is 9. The van der Waals surface area contributed by atoms with Crippen molar-refractivity contribution in [3.05, 3.63) is 12.7 Å². The van der Waals surface area contributed by atoms with Gasteiger partial charge in [0.25, 0.3) is 0 Å². The molecule has 34 heavy (non-hydrogen) atoms. The van der Waals surface area contributed by atoms with E-state index in [2.05, 4.69) is 25.7 Å². The van der Waals surface area contributed by atoms with Gasteiger partial charge < -0.3 is 15.2 Å². The molecule has 2 unspecified atom stereocenters. The molecule has 0 spiro atoms. The first-order chi connectivity index (χ1) is 16.3. The summed E-state index contributed by atoms with van der Waals surface area (Å²) >= 11 is 0. The number of carboxylic acids is 1. The molecule has 0 aliphatic carbocycles. The average Bonchev–Trinajstić information content (AvgIpc) is 2.80. The van der Waals surface area contributed by atoms with Crippen molar-refractivity contribution in [2.24, 2.45) is 0 Å². The van der Waals surface area contributed by atoms with Crippen LogP contribution in [0.1, 0.15) is 136 Å². The molecule has 0 aromatic rings. The van der Waals surface area contributed by atoms with Crippen LogP contribution in [0.2, 0.25) is 0 Å². The number of esters is 1.